The summed E-state index contributed by atoms with van der Waals surface area (Å²) in [5.74, 6) is -0.209. The second-order valence-electron chi connectivity index (χ2n) is 4.06. The molecule has 1 aliphatic heterocycles. The van der Waals surface area contributed by atoms with Crippen molar-refractivity contribution in [2.75, 3.05) is 13.2 Å². The third kappa shape index (κ3) is 2.73. The van der Waals surface area contributed by atoms with E-state index in [4.69, 9.17) is 11.6 Å². The molecule has 1 fully saturated rings. The molecule has 0 saturated carbocycles. The van der Waals surface area contributed by atoms with Crippen molar-refractivity contribution in [2.45, 2.75) is 25.3 Å². The van der Waals surface area contributed by atoms with E-state index < -0.39 is 0 Å². The van der Waals surface area contributed by atoms with Crippen molar-refractivity contribution in [2.24, 2.45) is 0 Å². The molecule has 2 heterocycles. The average molecular weight is 256 g/mol. The van der Waals surface area contributed by atoms with Crippen LogP contribution in [-0.2, 0) is 0 Å². The van der Waals surface area contributed by atoms with E-state index in [0.29, 0.717) is 6.54 Å². The largest absolute Gasteiger partial charge is 0.394 e. The van der Waals surface area contributed by atoms with Crippen LogP contribution in [-0.4, -0.2) is 45.1 Å². The van der Waals surface area contributed by atoms with Gasteiger partial charge in [0, 0.05) is 6.54 Å². The first-order chi connectivity index (χ1) is 8.22. The molecular weight excluding hydrogens is 242 g/mol. The lowest BCUT2D eigenvalue weighted by Crippen LogP contribution is -2.45. The van der Waals surface area contributed by atoms with Gasteiger partial charge in [-0.2, -0.15) is 0 Å². The van der Waals surface area contributed by atoms with Crippen LogP contribution in [0.4, 0.5) is 0 Å². The first-order valence-corrected chi connectivity index (χ1v) is 5.99. The molecule has 92 valence electrons. The van der Waals surface area contributed by atoms with Gasteiger partial charge in [-0.15, -0.1) is 0 Å². The van der Waals surface area contributed by atoms with E-state index in [2.05, 4.69) is 9.97 Å². The predicted octanol–water partition coefficient (Wildman–Crippen LogP) is 1.12. The van der Waals surface area contributed by atoms with Crippen molar-refractivity contribution in [1.82, 2.24) is 14.9 Å². The monoisotopic (exact) mass is 255 g/mol. The number of likely N-dealkylation sites (tertiary alicyclic amines) is 1. The summed E-state index contributed by atoms with van der Waals surface area (Å²) in [4.78, 5) is 21.6. The molecule has 0 aromatic carbocycles. The maximum Gasteiger partial charge on any atom is 0.274 e. The molecule has 1 aliphatic rings. The van der Waals surface area contributed by atoms with E-state index >= 15 is 0 Å². The molecule has 1 N–H and O–H groups in total. The van der Waals surface area contributed by atoms with Gasteiger partial charge in [0.05, 0.1) is 25.0 Å². The van der Waals surface area contributed by atoms with Crippen LogP contribution in [0.15, 0.2) is 12.4 Å². The minimum Gasteiger partial charge on any atom is -0.394 e. The van der Waals surface area contributed by atoms with Crippen molar-refractivity contribution in [1.29, 1.82) is 0 Å². The molecule has 5 nitrogen and oxygen atoms in total. The molecule has 2 rings (SSSR count). The molecule has 0 aliphatic carbocycles. The number of halogens is 1. The lowest BCUT2D eigenvalue weighted by atomic mass is 10.0. The summed E-state index contributed by atoms with van der Waals surface area (Å²) in [5.41, 5.74) is 0.234. The van der Waals surface area contributed by atoms with Crippen LogP contribution in [0.5, 0.6) is 0 Å². The van der Waals surface area contributed by atoms with E-state index in [1.807, 2.05) is 0 Å². The second kappa shape index (κ2) is 5.42. The van der Waals surface area contributed by atoms with Crippen LogP contribution in [0.2, 0.25) is 5.15 Å². The van der Waals surface area contributed by atoms with Crippen molar-refractivity contribution < 1.29 is 9.90 Å². The first-order valence-electron chi connectivity index (χ1n) is 5.61. The minimum absolute atomic E-state index is 0.0142. The Bertz CT molecular complexity index is 413. The Morgan fingerprint density at radius 2 is 2.35 bits per heavy atom. The smallest absolute Gasteiger partial charge is 0.274 e. The molecular formula is C11H14ClN3O2. The molecule has 0 radical (unpaired) electrons. The Hall–Kier alpha value is -1.20. The topological polar surface area (TPSA) is 66.3 Å². The molecule has 0 spiro atoms. The highest BCUT2D eigenvalue weighted by Crippen LogP contribution is 2.18. The highest BCUT2D eigenvalue weighted by molar-refractivity contribution is 6.29. The molecule has 17 heavy (non-hydrogen) atoms. The normalized spacial score (nSPS) is 20.4. The molecule has 1 aromatic rings. The SMILES string of the molecule is O=C(c1cncc(Cl)n1)N1CCCCC1CO. The van der Waals surface area contributed by atoms with Gasteiger partial charge in [-0.3, -0.25) is 9.78 Å². The number of piperidine rings is 1. The Labute approximate surface area is 104 Å². The molecule has 1 saturated heterocycles. The zero-order valence-corrected chi connectivity index (χ0v) is 10.1. The van der Waals surface area contributed by atoms with Gasteiger partial charge in [0.2, 0.25) is 0 Å². The lowest BCUT2D eigenvalue weighted by Gasteiger charge is -2.34. The number of aromatic nitrogens is 2. The summed E-state index contributed by atoms with van der Waals surface area (Å²) in [5, 5.41) is 9.46. The number of amides is 1. The Balaban J connectivity index is 2.18. The highest BCUT2D eigenvalue weighted by atomic mass is 35.5. The lowest BCUT2D eigenvalue weighted by molar-refractivity contribution is 0.0497. The van der Waals surface area contributed by atoms with Gasteiger partial charge < -0.3 is 10.0 Å². The van der Waals surface area contributed by atoms with Gasteiger partial charge in [-0.25, -0.2) is 4.98 Å². The Morgan fingerprint density at radius 3 is 3.06 bits per heavy atom. The van der Waals surface area contributed by atoms with Crippen molar-refractivity contribution in [3.05, 3.63) is 23.2 Å². The minimum atomic E-state index is -0.209. The van der Waals surface area contributed by atoms with Gasteiger partial charge in [0.1, 0.15) is 10.8 Å². The number of aliphatic hydroxyl groups is 1. The number of carbonyl (C=O) groups excluding carboxylic acids is 1. The van der Waals surface area contributed by atoms with Crippen LogP contribution in [0.1, 0.15) is 29.8 Å². The van der Waals surface area contributed by atoms with Crippen molar-refractivity contribution >= 4 is 17.5 Å². The van der Waals surface area contributed by atoms with Crippen molar-refractivity contribution in [3.63, 3.8) is 0 Å². The fourth-order valence-corrected chi connectivity index (χ4v) is 2.20. The van der Waals surface area contributed by atoms with E-state index in [1.54, 1.807) is 4.90 Å². The Morgan fingerprint density at radius 1 is 1.53 bits per heavy atom. The zero-order valence-electron chi connectivity index (χ0n) is 9.34. The summed E-state index contributed by atoms with van der Waals surface area (Å²) in [7, 11) is 0. The van der Waals surface area contributed by atoms with Gasteiger partial charge in [0.25, 0.3) is 5.91 Å². The second-order valence-corrected chi connectivity index (χ2v) is 4.45. The van der Waals surface area contributed by atoms with Crippen LogP contribution in [0, 0.1) is 0 Å². The highest BCUT2D eigenvalue weighted by Gasteiger charge is 2.27. The molecule has 1 atom stereocenters. The quantitative estimate of drug-likeness (QED) is 0.860. The summed E-state index contributed by atoms with van der Waals surface area (Å²) in [6.45, 7) is 0.637. The number of rotatable bonds is 2. The maximum absolute atomic E-state index is 12.2. The summed E-state index contributed by atoms with van der Waals surface area (Å²) in [6.07, 6.45) is 5.61. The molecule has 1 amide bonds. The van der Waals surface area contributed by atoms with Crippen LogP contribution >= 0.6 is 11.6 Å². The molecule has 1 unspecified atom stereocenters. The van der Waals surface area contributed by atoms with Gasteiger partial charge >= 0.3 is 0 Å². The standard InChI is InChI=1S/C11H14ClN3O2/c12-10-6-13-5-9(14-10)11(17)15-4-2-1-3-8(15)7-16/h5-6,8,16H,1-4,7H2. The van der Waals surface area contributed by atoms with Crippen molar-refractivity contribution in [3.8, 4) is 0 Å². The fourth-order valence-electron chi connectivity index (χ4n) is 2.05. The van der Waals surface area contributed by atoms with Crippen LogP contribution in [0.3, 0.4) is 0 Å². The van der Waals surface area contributed by atoms with E-state index in [0.717, 1.165) is 19.3 Å². The number of carbonyl (C=O) groups is 1. The van der Waals surface area contributed by atoms with Gasteiger partial charge in [0.15, 0.2) is 0 Å². The van der Waals surface area contributed by atoms with E-state index in [1.165, 1.54) is 12.4 Å². The summed E-state index contributed by atoms with van der Waals surface area (Å²) >= 11 is 5.70. The molecule has 1 aromatic heterocycles. The maximum atomic E-state index is 12.2. The van der Waals surface area contributed by atoms with Gasteiger partial charge in [-0.05, 0) is 19.3 Å². The third-order valence-corrected chi connectivity index (χ3v) is 3.11. The molecule has 0 bridgehead atoms. The van der Waals surface area contributed by atoms with E-state index in [9.17, 15) is 9.90 Å². The van der Waals surface area contributed by atoms with Crippen LogP contribution < -0.4 is 0 Å². The summed E-state index contributed by atoms with van der Waals surface area (Å²) in [6, 6.07) is -0.114. The van der Waals surface area contributed by atoms with Crippen LogP contribution in [0.25, 0.3) is 0 Å². The Kier molecular flexibility index (Phi) is 3.91. The number of nitrogens with zero attached hydrogens (tertiary/aromatic N) is 3. The first kappa shape index (κ1) is 12.3. The van der Waals surface area contributed by atoms with E-state index in [-0.39, 0.29) is 29.4 Å². The number of hydrogen-bond acceptors (Lipinski definition) is 4. The zero-order chi connectivity index (χ0) is 12.3. The molecule has 6 heteroatoms. The predicted molar refractivity (Wildman–Crippen MR) is 62.8 cm³/mol. The van der Waals surface area contributed by atoms with Gasteiger partial charge in [-0.1, -0.05) is 11.6 Å². The number of hydrogen-bond donors (Lipinski definition) is 1. The average Bonchev–Trinajstić information content (AvgIpc) is 2.38. The summed E-state index contributed by atoms with van der Waals surface area (Å²) < 4.78 is 0. The fraction of sp³-hybridized carbons (Fsp3) is 0.545. The number of aliphatic hydroxyl groups excluding tert-OH is 1. The third-order valence-electron chi connectivity index (χ3n) is 2.92.